The molecule has 0 atom stereocenters. The summed E-state index contributed by atoms with van der Waals surface area (Å²) in [5.74, 6) is 1.55. The van der Waals surface area contributed by atoms with E-state index < -0.39 is 0 Å². The van der Waals surface area contributed by atoms with Gasteiger partial charge in [0.2, 0.25) is 5.91 Å². The van der Waals surface area contributed by atoms with E-state index in [0.717, 1.165) is 31.4 Å². The lowest BCUT2D eigenvalue weighted by atomic mass is 9.89. The number of hydrogen-bond acceptors (Lipinski definition) is 4. The van der Waals surface area contributed by atoms with Crippen LogP contribution in [0.15, 0.2) is 47.6 Å². The lowest BCUT2D eigenvalue weighted by molar-refractivity contribution is -0.126. The highest BCUT2D eigenvalue weighted by molar-refractivity contribution is 7.98. The number of halogens is 2. The third kappa shape index (κ3) is 5.48. The summed E-state index contributed by atoms with van der Waals surface area (Å²) in [5.41, 5.74) is 3.17. The van der Waals surface area contributed by atoms with Crippen LogP contribution in [0.25, 0.3) is 5.69 Å². The number of aryl methyl sites for hydroxylation is 1. The zero-order chi connectivity index (χ0) is 22.5. The molecule has 1 N–H and O–H groups in total. The molecule has 1 aliphatic rings. The monoisotopic (exact) mass is 488 g/mol. The minimum atomic E-state index is 0.0878. The molecule has 0 bridgehead atoms. The van der Waals surface area contributed by atoms with E-state index in [1.54, 1.807) is 30.0 Å². The second-order valence-corrected chi connectivity index (χ2v) is 9.88. The topological polar surface area (TPSA) is 59.8 Å². The number of nitrogens with zero attached hydrogens (tertiary/aromatic N) is 3. The van der Waals surface area contributed by atoms with Gasteiger partial charge in [0.05, 0.1) is 17.3 Å². The summed E-state index contributed by atoms with van der Waals surface area (Å²) >= 11 is 14.4. The molecule has 3 aromatic rings. The maximum Gasteiger partial charge on any atom is 0.223 e. The van der Waals surface area contributed by atoms with E-state index in [0.29, 0.717) is 26.7 Å². The standard InChI is InChI=1S/C24H26Cl2N4OS/c1-16-7-5-6-10-18(16)15-32-24-29-28-22(14-27-23(31)17-8-3-2-4-9-17)30(24)21-13-19(25)11-12-20(21)26/h5-7,10-13,17H,2-4,8-9,14-15H2,1H3,(H,27,31). The van der Waals surface area contributed by atoms with E-state index in [-0.39, 0.29) is 18.4 Å². The van der Waals surface area contributed by atoms with Crippen molar-refractivity contribution in [1.82, 2.24) is 20.1 Å². The predicted molar refractivity (Wildman–Crippen MR) is 131 cm³/mol. The van der Waals surface area contributed by atoms with Gasteiger partial charge in [-0.2, -0.15) is 0 Å². The molecular weight excluding hydrogens is 463 g/mol. The van der Waals surface area contributed by atoms with Crippen LogP contribution in [0.2, 0.25) is 10.0 Å². The van der Waals surface area contributed by atoms with Crippen LogP contribution in [0.3, 0.4) is 0 Å². The molecular formula is C24H26Cl2N4OS. The van der Waals surface area contributed by atoms with Crippen LogP contribution < -0.4 is 5.32 Å². The van der Waals surface area contributed by atoms with E-state index in [2.05, 4.69) is 34.6 Å². The number of benzene rings is 2. The largest absolute Gasteiger partial charge is 0.349 e. The third-order valence-corrected chi connectivity index (χ3v) is 7.40. The summed E-state index contributed by atoms with van der Waals surface area (Å²) < 4.78 is 1.90. The van der Waals surface area contributed by atoms with Crippen molar-refractivity contribution in [3.8, 4) is 5.69 Å². The fraction of sp³-hybridized carbons (Fsp3) is 0.375. The minimum absolute atomic E-state index is 0.0878. The second kappa shape index (κ2) is 10.7. The number of carbonyl (C=O) groups excluding carboxylic acids is 1. The summed E-state index contributed by atoms with van der Waals surface area (Å²) in [4.78, 5) is 12.7. The molecule has 1 aromatic heterocycles. The van der Waals surface area contributed by atoms with Crippen molar-refractivity contribution in [2.24, 2.45) is 5.92 Å². The Labute approximate surface area is 202 Å². The molecule has 168 valence electrons. The summed E-state index contributed by atoms with van der Waals surface area (Å²) in [6.45, 7) is 2.39. The van der Waals surface area contributed by atoms with E-state index in [1.165, 1.54) is 17.5 Å². The van der Waals surface area contributed by atoms with Crippen LogP contribution in [-0.2, 0) is 17.1 Å². The van der Waals surface area contributed by atoms with Crippen molar-refractivity contribution < 1.29 is 4.79 Å². The molecule has 2 aromatic carbocycles. The lowest BCUT2D eigenvalue weighted by Gasteiger charge is -2.20. The Kier molecular flexibility index (Phi) is 7.76. The number of rotatable bonds is 7. The van der Waals surface area contributed by atoms with Crippen LogP contribution in [0.5, 0.6) is 0 Å². The molecule has 1 amide bonds. The van der Waals surface area contributed by atoms with Crippen LogP contribution in [0.1, 0.15) is 49.1 Å². The molecule has 4 rings (SSSR count). The lowest BCUT2D eigenvalue weighted by Crippen LogP contribution is -2.32. The van der Waals surface area contributed by atoms with Crippen molar-refractivity contribution in [2.45, 2.75) is 56.5 Å². The molecule has 0 aliphatic heterocycles. The van der Waals surface area contributed by atoms with Crippen LogP contribution >= 0.6 is 35.0 Å². The first-order valence-corrected chi connectivity index (χ1v) is 12.6. The highest BCUT2D eigenvalue weighted by atomic mass is 35.5. The van der Waals surface area contributed by atoms with Gasteiger partial charge in [-0.25, -0.2) is 0 Å². The summed E-state index contributed by atoms with van der Waals surface area (Å²) in [6, 6.07) is 13.6. The van der Waals surface area contributed by atoms with Crippen LogP contribution in [0, 0.1) is 12.8 Å². The Bertz CT molecular complexity index is 1100. The number of carbonyl (C=O) groups is 1. The van der Waals surface area contributed by atoms with Gasteiger partial charge < -0.3 is 5.32 Å². The average Bonchev–Trinajstić information content (AvgIpc) is 3.21. The van der Waals surface area contributed by atoms with Gasteiger partial charge >= 0.3 is 0 Å². The van der Waals surface area contributed by atoms with Crippen LogP contribution in [-0.4, -0.2) is 20.7 Å². The molecule has 0 unspecified atom stereocenters. The number of thioether (sulfide) groups is 1. The number of amides is 1. The normalized spacial score (nSPS) is 14.5. The highest BCUT2D eigenvalue weighted by Gasteiger charge is 2.23. The van der Waals surface area contributed by atoms with Gasteiger partial charge in [-0.3, -0.25) is 9.36 Å². The van der Waals surface area contributed by atoms with Gasteiger partial charge in [0.15, 0.2) is 11.0 Å². The first kappa shape index (κ1) is 23.1. The van der Waals surface area contributed by atoms with Gasteiger partial charge in [-0.15, -0.1) is 10.2 Å². The maximum atomic E-state index is 12.7. The Balaban J connectivity index is 1.59. The highest BCUT2D eigenvalue weighted by Crippen LogP contribution is 2.31. The van der Waals surface area contributed by atoms with Gasteiger partial charge in [0, 0.05) is 16.7 Å². The third-order valence-electron chi connectivity index (χ3n) is 5.86. The summed E-state index contributed by atoms with van der Waals surface area (Å²) in [7, 11) is 0. The minimum Gasteiger partial charge on any atom is -0.349 e. The van der Waals surface area contributed by atoms with Crippen molar-refractivity contribution in [1.29, 1.82) is 0 Å². The Morgan fingerprint density at radius 3 is 2.69 bits per heavy atom. The van der Waals surface area contributed by atoms with Gasteiger partial charge in [-0.05, 0) is 49.1 Å². The van der Waals surface area contributed by atoms with E-state index >= 15 is 0 Å². The Hall–Kier alpha value is -2.02. The zero-order valence-electron chi connectivity index (χ0n) is 18.0. The van der Waals surface area contributed by atoms with E-state index in [4.69, 9.17) is 23.2 Å². The van der Waals surface area contributed by atoms with Gasteiger partial charge in [0.1, 0.15) is 0 Å². The smallest absolute Gasteiger partial charge is 0.223 e. The molecule has 0 radical (unpaired) electrons. The SMILES string of the molecule is Cc1ccccc1CSc1nnc(CNC(=O)C2CCCCC2)n1-c1cc(Cl)ccc1Cl. The molecule has 1 aliphatic carbocycles. The number of aromatic nitrogens is 3. The fourth-order valence-electron chi connectivity index (χ4n) is 4.00. The van der Waals surface area contributed by atoms with E-state index in [1.807, 2.05) is 16.7 Å². The second-order valence-electron chi connectivity index (χ2n) is 8.10. The predicted octanol–water partition coefficient (Wildman–Crippen LogP) is 6.37. The van der Waals surface area contributed by atoms with Crippen molar-refractivity contribution in [2.75, 3.05) is 0 Å². The molecule has 8 heteroatoms. The number of hydrogen-bond donors (Lipinski definition) is 1. The zero-order valence-corrected chi connectivity index (χ0v) is 20.3. The fourth-order valence-corrected chi connectivity index (χ4v) is 5.41. The van der Waals surface area contributed by atoms with Crippen molar-refractivity contribution >= 4 is 40.9 Å². The maximum absolute atomic E-state index is 12.7. The van der Waals surface area contributed by atoms with E-state index in [9.17, 15) is 4.79 Å². The Morgan fingerprint density at radius 1 is 1.12 bits per heavy atom. The average molecular weight is 489 g/mol. The molecule has 0 saturated heterocycles. The Morgan fingerprint density at radius 2 is 1.91 bits per heavy atom. The first-order chi connectivity index (χ1) is 15.5. The van der Waals surface area contributed by atoms with Gasteiger partial charge in [-0.1, -0.05) is 78.5 Å². The van der Waals surface area contributed by atoms with Crippen molar-refractivity contribution in [3.05, 3.63) is 69.5 Å². The molecule has 5 nitrogen and oxygen atoms in total. The van der Waals surface area contributed by atoms with Crippen LogP contribution in [0.4, 0.5) is 0 Å². The quantitative estimate of drug-likeness (QED) is 0.392. The van der Waals surface area contributed by atoms with Gasteiger partial charge in [0.25, 0.3) is 0 Å². The number of nitrogens with one attached hydrogen (secondary N) is 1. The van der Waals surface area contributed by atoms with Crippen molar-refractivity contribution in [3.63, 3.8) is 0 Å². The first-order valence-electron chi connectivity index (χ1n) is 10.9. The summed E-state index contributed by atoms with van der Waals surface area (Å²) in [6.07, 6.45) is 5.36. The molecule has 1 heterocycles. The molecule has 0 spiro atoms. The molecule has 32 heavy (non-hydrogen) atoms. The molecule has 1 saturated carbocycles. The molecule has 1 fully saturated rings. The summed E-state index contributed by atoms with van der Waals surface area (Å²) in [5, 5.41) is 13.7.